The van der Waals surface area contributed by atoms with Crippen LogP contribution in [0.15, 0.2) is 72.8 Å². The molecule has 0 unspecified atom stereocenters. The van der Waals surface area contributed by atoms with Crippen molar-refractivity contribution in [3.8, 4) is 5.75 Å². The summed E-state index contributed by atoms with van der Waals surface area (Å²) in [5.41, 5.74) is 5.88. The standard InChI is InChI=1S/C25H22FN3O3/c1-16-3-7-18(8-4-16)23-22(27-24(30)19-9-13-21(32-2)14-10-19)25(31)28-29(23)15-17-5-11-20(26)12-6-17/h3-15,22-23H,1-2H3,(H-,27,28,30,31)/p+1/b29-15-/t22-,23-/m0/s1. The van der Waals surface area contributed by atoms with E-state index in [9.17, 15) is 14.0 Å². The Hall–Kier alpha value is -4.00. The molecule has 2 atom stereocenters. The first-order valence-corrected chi connectivity index (χ1v) is 10.2. The summed E-state index contributed by atoms with van der Waals surface area (Å²) in [5.74, 6) is -0.408. The van der Waals surface area contributed by atoms with Crippen molar-refractivity contribution >= 4 is 18.0 Å². The second-order valence-corrected chi connectivity index (χ2v) is 7.60. The summed E-state index contributed by atoms with van der Waals surface area (Å²) >= 11 is 0. The highest BCUT2D eigenvalue weighted by atomic mass is 19.1. The molecule has 162 valence electrons. The molecule has 0 saturated carbocycles. The molecule has 1 aliphatic rings. The third-order valence-electron chi connectivity index (χ3n) is 5.35. The highest BCUT2D eigenvalue weighted by Crippen LogP contribution is 2.26. The normalized spacial score (nSPS) is 19.0. The molecule has 4 rings (SSSR count). The predicted molar refractivity (Wildman–Crippen MR) is 118 cm³/mol. The van der Waals surface area contributed by atoms with E-state index in [2.05, 4.69) is 10.7 Å². The quantitative estimate of drug-likeness (QED) is 0.609. The number of hydrogen-bond donors (Lipinski definition) is 2. The summed E-state index contributed by atoms with van der Waals surface area (Å²) in [6.07, 6.45) is 1.72. The largest absolute Gasteiger partial charge is 0.497 e. The van der Waals surface area contributed by atoms with Crippen LogP contribution in [0, 0.1) is 12.7 Å². The number of nitrogens with zero attached hydrogens (tertiary/aromatic N) is 1. The zero-order chi connectivity index (χ0) is 22.7. The van der Waals surface area contributed by atoms with Gasteiger partial charge in [-0.1, -0.05) is 29.8 Å². The summed E-state index contributed by atoms with van der Waals surface area (Å²) < 4.78 is 20.1. The molecular weight excluding hydrogens is 409 g/mol. The third kappa shape index (κ3) is 4.51. The summed E-state index contributed by atoms with van der Waals surface area (Å²) in [4.78, 5) is 25.8. The second-order valence-electron chi connectivity index (χ2n) is 7.60. The van der Waals surface area contributed by atoms with E-state index in [0.717, 1.165) is 11.1 Å². The Morgan fingerprint density at radius 1 is 1.03 bits per heavy atom. The van der Waals surface area contributed by atoms with Gasteiger partial charge in [0.25, 0.3) is 5.91 Å². The van der Waals surface area contributed by atoms with E-state index in [1.165, 1.54) is 12.1 Å². The van der Waals surface area contributed by atoms with Crippen LogP contribution in [0.5, 0.6) is 5.75 Å². The molecule has 32 heavy (non-hydrogen) atoms. The average Bonchev–Trinajstić information content (AvgIpc) is 3.10. The SMILES string of the molecule is COc1ccc(C(=O)N[C@@H]2C(=O)N/[N+](=C\c3ccc(F)cc3)[C@H]2c2ccc(C)cc2)cc1. The number of carbonyl (C=O) groups excluding carboxylic acids is 2. The number of hydrogen-bond acceptors (Lipinski definition) is 3. The molecule has 3 aromatic carbocycles. The minimum absolute atomic E-state index is 0.337. The minimum atomic E-state index is -0.830. The first-order valence-electron chi connectivity index (χ1n) is 10.2. The number of carbonyl (C=O) groups is 2. The monoisotopic (exact) mass is 432 g/mol. The van der Waals surface area contributed by atoms with Crippen LogP contribution in [-0.4, -0.2) is 35.9 Å². The lowest BCUT2D eigenvalue weighted by atomic mass is 9.98. The van der Waals surface area contributed by atoms with E-state index in [-0.39, 0.29) is 17.6 Å². The lowest BCUT2D eigenvalue weighted by molar-refractivity contribution is -0.596. The van der Waals surface area contributed by atoms with Gasteiger partial charge in [0, 0.05) is 16.7 Å². The van der Waals surface area contributed by atoms with Crippen LogP contribution in [-0.2, 0) is 4.79 Å². The highest BCUT2D eigenvalue weighted by molar-refractivity contribution is 5.98. The van der Waals surface area contributed by atoms with Crippen molar-refractivity contribution in [1.82, 2.24) is 10.7 Å². The second kappa shape index (κ2) is 9.01. The van der Waals surface area contributed by atoms with Crippen LogP contribution in [0.2, 0.25) is 0 Å². The van der Waals surface area contributed by atoms with Gasteiger partial charge in [0.2, 0.25) is 12.3 Å². The molecule has 7 heteroatoms. The Morgan fingerprint density at radius 2 is 1.69 bits per heavy atom. The predicted octanol–water partition coefficient (Wildman–Crippen LogP) is 3.16. The van der Waals surface area contributed by atoms with Crippen molar-refractivity contribution < 1.29 is 23.4 Å². The number of hydrazone groups is 1. The molecule has 1 saturated heterocycles. The van der Waals surface area contributed by atoms with Crippen molar-refractivity contribution in [2.24, 2.45) is 0 Å². The van der Waals surface area contributed by atoms with Gasteiger partial charge in [-0.25, -0.2) is 4.39 Å². The zero-order valence-corrected chi connectivity index (χ0v) is 17.7. The van der Waals surface area contributed by atoms with Gasteiger partial charge >= 0.3 is 5.91 Å². The van der Waals surface area contributed by atoms with Crippen molar-refractivity contribution in [2.45, 2.75) is 19.0 Å². The van der Waals surface area contributed by atoms with Crippen molar-refractivity contribution in [3.05, 3.63) is 101 Å². The Balaban J connectivity index is 1.67. The van der Waals surface area contributed by atoms with Crippen LogP contribution in [0.3, 0.4) is 0 Å². The fraction of sp³-hybridized carbons (Fsp3) is 0.160. The van der Waals surface area contributed by atoms with Crippen molar-refractivity contribution in [2.75, 3.05) is 7.11 Å². The number of hydrazine groups is 1. The Morgan fingerprint density at radius 3 is 2.31 bits per heavy atom. The molecule has 1 aliphatic heterocycles. The van der Waals surface area contributed by atoms with Gasteiger partial charge in [-0.2, -0.15) is 0 Å². The molecule has 0 radical (unpaired) electrons. The average molecular weight is 432 g/mol. The van der Waals surface area contributed by atoms with E-state index in [0.29, 0.717) is 16.9 Å². The topological polar surface area (TPSA) is 70.4 Å². The summed E-state index contributed by atoms with van der Waals surface area (Å²) in [5, 5.41) is 2.86. The van der Waals surface area contributed by atoms with Crippen LogP contribution >= 0.6 is 0 Å². The van der Waals surface area contributed by atoms with E-state index in [1.54, 1.807) is 54.4 Å². The molecular formula is C25H23FN3O3+. The first kappa shape index (κ1) is 21.2. The van der Waals surface area contributed by atoms with E-state index in [1.807, 2.05) is 31.2 Å². The number of amides is 2. The maximum absolute atomic E-state index is 13.3. The molecule has 1 fully saturated rings. The number of benzene rings is 3. The lowest BCUT2D eigenvalue weighted by Gasteiger charge is -2.15. The van der Waals surface area contributed by atoms with E-state index < -0.39 is 12.1 Å². The lowest BCUT2D eigenvalue weighted by Crippen LogP contribution is -2.42. The summed E-state index contributed by atoms with van der Waals surface area (Å²) in [6.45, 7) is 1.98. The maximum atomic E-state index is 13.3. The number of rotatable bonds is 5. The van der Waals surface area contributed by atoms with Crippen LogP contribution in [0.4, 0.5) is 4.39 Å². The number of aryl methyl sites for hydroxylation is 1. The van der Waals surface area contributed by atoms with Gasteiger partial charge in [0.1, 0.15) is 11.6 Å². The molecule has 6 nitrogen and oxygen atoms in total. The van der Waals surface area contributed by atoms with Gasteiger partial charge in [-0.3, -0.25) is 9.59 Å². The minimum Gasteiger partial charge on any atom is -0.497 e. The fourth-order valence-electron chi connectivity index (χ4n) is 3.62. The van der Waals surface area contributed by atoms with Crippen molar-refractivity contribution in [1.29, 1.82) is 0 Å². The van der Waals surface area contributed by atoms with Crippen LogP contribution < -0.4 is 15.5 Å². The van der Waals surface area contributed by atoms with Gasteiger partial charge in [-0.15, -0.1) is 10.1 Å². The molecule has 2 N–H and O–H groups in total. The van der Waals surface area contributed by atoms with E-state index in [4.69, 9.17) is 4.74 Å². The highest BCUT2D eigenvalue weighted by Gasteiger charge is 2.47. The number of nitrogens with one attached hydrogen (secondary N) is 2. The molecule has 0 bridgehead atoms. The smallest absolute Gasteiger partial charge is 0.304 e. The Kier molecular flexibility index (Phi) is 5.98. The van der Waals surface area contributed by atoms with Crippen LogP contribution in [0.25, 0.3) is 0 Å². The third-order valence-corrected chi connectivity index (χ3v) is 5.35. The molecule has 1 heterocycles. The fourth-order valence-corrected chi connectivity index (χ4v) is 3.62. The molecule has 0 aliphatic carbocycles. The Bertz CT molecular complexity index is 1160. The molecule has 0 spiro atoms. The summed E-state index contributed by atoms with van der Waals surface area (Å²) in [6, 6.07) is 19.1. The first-order chi connectivity index (χ1) is 15.4. The number of halogens is 1. The molecule has 3 aromatic rings. The molecule has 2 amide bonds. The van der Waals surface area contributed by atoms with Gasteiger partial charge in [0.05, 0.1) is 7.11 Å². The van der Waals surface area contributed by atoms with Gasteiger partial charge in [0.15, 0.2) is 6.04 Å². The number of ether oxygens (including phenoxy) is 1. The van der Waals surface area contributed by atoms with Crippen molar-refractivity contribution in [3.63, 3.8) is 0 Å². The van der Waals surface area contributed by atoms with Crippen LogP contribution in [0.1, 0.15) is 33.1 Å². The van der Waals surface area contributed by atoms with Gasteiger partial charge in [-0.05, 0) is 55.5 Å². The number of methoxy groups -OCH3 is 1. The van der Waals surface area contributed by atoms with Gasteiger partial charge < -0.3 is 10.1 Å². The maximum Gasteiger partial charge on any atom is 0.304 e. The summed E-state index contributed by atoms with van der Waals surface area (Å²) in [7, 11) is 1.55. The van der Waals surface area contributed by atoms with E-state index >= 15 is 0 Å². The Labute approximate surface area is 185 Å². The zero-order valence-electron chi connectivity index (χ0n) is 17.7. The molecule has 0 aromatic heterocycles.